The Morgan fingerprint density at radius 3 is 2.20 bits per heavy atom. The summed E-state index contributed by atoms with van der Waals surface area (Å²) in [6, 6.07) is 12.4. The highest BCUT2D eigenvalue weighted by molar-refractivity contribution is 7.99. The van der Waals surface area contributed by atoms with Crippen LogP contribution in [0.1, 0.15) is 21.3 Å². The molecule has 9 heteroatoms. The van der Waals surface area contributed by atoms with Gasteiger partial charge in [-0.2, -0.15) is 0 Å². The van der Waals surface area contributed by atoms with Crippen molar-refractivity contribution in [3.8, 4) is 0 Å². The third-order valence-corrected chi connectivity index (χ3v) is 5.07. The van der Waals surface area contributed by atoms with E-state index in [1.807, 2.05) is 30.3 Å². The van der Waals surface area contributed by atoms with E-state index in [0.717, 1.165) is 29.5 Å². The van der Waals surface area contributed by atoms with Gasteiger partial charge in [-0.1, -0.05) is 30.3 Å². The molecule has 1 heterocycles. The van der Waals surface area contributed by atoms with Gasteiger partial charge in [-0.05, 0) is 5.56 Å². The molecule has 1 atom stereocenters. The second kappa shape index (κ2) is 6.89. The van der Waals surface area contributed by atoms with Crippen LogP contribution in [0.2, 0.25) is 0 Å². The third-order valence-electron chi connectivity index (χ3n) is 3.81. The molecule has 1 saturated heterocycles. The maximum atomic E-state index is 12.8. The van der Waals surface area contributed by atoms with Crippen LogP contribution in [0.5, 0.6) is 0 Å². The molecule has 1 aliphatic heterocycles. The van der Waals surface area contributed by atoms with E-state index in [2.05, 4.69) is 0 Å². The highest BCUT2D eigenvalue weighted by atomic mass is 32.2. The molecule has 25 heavy (non-hydrogen) atoms. The molecule has 8 nitrogen and oxygen atoms in total. The molecule has 1 fully saturated rings. The number of non-ortho nitro benzene ring substituents is 2. The number of carbonyl (C=O) groups is 1. The zero-order valence-corrected chi connectivity index (χ0v) is 13.7. The van der Waals surface area contributed by atoms with E-state index in [1.165, 1.54) is 0 Å². The summed E-state index contributed by atoms with van der Waals surface area (Å²) in [4.78, 5) is 35.0. The molecule has 2 aromatic rings. The maximum Gasteiger partial charge on any atom is 0.277 e. The number of nitro groups is 2. The molecule has 0 N–H and O–H groups in total. The summed E-state index contributed by atoms with van der Waals surface area (Å²) in [5.41, 5.74) is -0.0519. The predicted octanol–water partition coefficient (Wildman–Crippen LogP) is 3.39. The maximum absolute atomic E-state index is 12.8. The fourth-order valence-corrected chi connectivity index (χ4v) is 3.92. The van der Waals surface area contributed by atoms with Gasteiger partial charge in [-0.15, -0.1) is 11.8 Å². The standard InChI is InChI=1S/C16H13N3O5S/c20-15(12-8-13(18(21)22)10-14(9-12)19(23)24)17-6-7-25-16(17)11-4-2-1-3-5-11/h1-5,8-10,16H,6-7H2/t16-/m1/s1. The van der Waals surface area contributed by atoms with Gasteiger partial charge < -0.3 is 4.90 Å². The average molecular weight is 359 g/mol. The molecule has 1 aliphatic rings. The molecule has 3 rings (SSSR count). The molecular weight excluding hydrogens is 346 g/mol. The van der Waals surface area contributed by atoms with Gasteiger partial charge in [0, 0.05) is 24.4 Å². The Bertz CT molecular complexity index is 811. The molecule has 1 amide bonds. The van der Waals surface area contributed by atoms with Crippen molar-refractivity contribution >= 4 is 29.0 Å². The van der Waals surface area contributed by atoms with Gasteiger partial charge in [0.1, 0.15) is 5.37 Å². The number of thioether (sulfide) groups is 1. The van der Waals surface area contributed by atoms with Crippen LogP contribution in [-0.2, 0) is 0 Å². The van der Waals surface area contributed by atoms with Gasteiger partial charge in [-0.25, -0.2) is 0 Å². The summed E-state index contributed by atoms with van der Waals surface area (Å²) in [5.74, 6) is 0.271. The molecular formula is C16H13N3O5S. The quantitative estimate of drug-likeness (QED) is 0.612. The lowest BCUT2D eigenvalue weighted by Crippen LogP contribution is -2.30. The van der Waals surface area contributed by atoms with Crippen molar-refractivity contribution in [2.45, 2.75) is 5.37 Å². The second-order valence-electron chi connectivity index (χ2n) is 5.38. The van der Waals surface area contributed by atoms with Gasteiger partial charge in [0.15, 0.2) is 0 Å². The summed E-state index contributed by atoms with van der Waals surface area (Å²) >= 11 is 1.58. The van der Waals surface area contributed by atoms with Crippen LogP contribution in [0.4, 0.5) is 11.4 Å². The van der Waals surface area contributed by atoms with Crippen molar-refractivity contribution in [2.75, 3.05) is 12.3 Å². The average Bonchev–Trinajstić information content (AvgIpc) is 3.11. The van der Waals surface area contributed by atoms with Crippen LogP contribution in [-0.4, -0.2) is 33.0 Å². The Balaban J connectivity index is 1.97. The molecule has 2 aromatic carbocycles. The summed E-state index contributed by atoms with van der Waals surface area (Å²) in [5, 5.41) is 21.8. The smallest absolute Gasteiger partial charge is 0.277 e. The predicted molar refractivity (Wildman–Crippen MR) is 92.4 cm³/mol. The van der Waals surface area contributed by atoms with Crippen LogP contribution in [0.3, 0.4) is 0 Å². The third kappa shape index (κ3) is 3.45. The summed E-state index contributed by atoms with van der Waals surface area (Å²) < 4.78 is 0. The van der Waals surface area contributed by atoms with Crippen molar-refractivity contribution in [1.29, 1.82) is 0 Å². The topological polar surface area (TPSA) is 107 Å². The van der Waals surface area contributed by atoms with E-state index in [0.29, 0.717) is 6.54 Å². The molecule has 0 radical (unpaired) electrons. The number of amides is 1. The Kier molecular flexibility index (Phi) is 4.66. The van der Waals surface area contributed by atoms with Crippen molar-refractivity contribution in [2.24, 2.45) is 0 Å². The number of hydrogen-bond acceptors (Lipinski definition) is 6. The van der Waals surface area contributed by atoms with Crippen LogP contribution in [0.15, 0.2) is 48.5 Å². The first-order valence-corrected chi connectivity index (χ1v) is 8.43. The van der Waals surface area contributed by atoms with Gasteiger partial charge in [-0.3, -0.25) is 25.0 Å². The van der Waals surface area contributed by atoms with Crippen molar-refractivity contribution in [1.82, 2.24) is 4.90 Å². The number of hydrogen-bond donors (Lipinski definition) is 0. The Morgan fingerprint density at radius 1 is 1.04 bits per heavy atom. The van der Waals surface area contributed by atoms with Gasteiger partial charge in [0.25, 0.3) is 17.3 Å². The minimum absolute atomic E-state index is 0.0515. The molecule has 0 bridgehead atoms. The first kappa shape index (κ1) is 16.9. The number of nitro benzene ring substituents is 2. The fraction of sp³-hybridized carbons (Fsp3) is 0.188. The van der Waals surface area contributed by atoms with Crippen LogP contribution in [0, 0.1) is 20.2 Å². The minimum atomic E-state index is -0.739. The van der Waals surface area contributed by atoms with E-state index in [-0.39, 0.29) is 10.9 Å². The van der Waals surface area contributed by atoms with Crippen molar-refractivity contribution < 1.29 is 14.6 Å². The van der Waals surface area contributed by atoms with Crippen molar-refractivity contribution in [3.63, 3.8) is 0 Å². The zero-order valence-electron chi connectivity index (χ0n) is 12.9. The summed E-state index contributed by atoms with van der Waals surface area (Å²) in [6.07, 6.45) is 0. The molecule has 0 spiro atoms. The summed E-state index contributed by atoms with van der Waals surface area (Å²) in [6.45, 7) is 0.472. The van der Waals surface area contributed by atoms with Crippen LogP contribution >= 0.6 is 11.8 Å². The molecule has 0 saturated carbocycles. The van der Waals surface area contributed by atoms with E-state index in [9.17, 15) is 25.0 Å². The monoisotopic (exact) mass is 359 g/mol. The van der Waals surface area contributed by atoms with E-state index in [4.69, 9.17) is 0 Å². The first-order chi connectivity index (χ1) is 12.0. The largest absolute Gasteiger partial charge is 0.322 e. The number of nitrogens with zero attached hydrogens (tertiary/aromatic N) is 3. The highest BCUT2D eigenvalue weighted by Crippen LogP contribution is 2.39. The molecule has 0 aliphatic carbocycles. The molecule has 0 unspecified atom stereocenters. The van der Waals surface area contributed by atoms with Gasteiger partial charge >= 0.3 is 0 Å². The van der Waals surface area contributed by atoms with E-state index in [1.54, 1.807) is 16.7 Å². The second-order valence-corrected chi connectivity index (χ2v) is 6.57. The van der Waals surface area contributed by atoms with E-state index >= 15 is 0 Å². The molecule has 128 valence electrons. The number of rotatable bonds is 4. The lowest BCUT2D eigenvalue weighted by Gasteiger charge is -2.24. The Labute approximate surface area is 146 Å². The Morgan fingerprint density at radius 2 is 1.64 bits per heavy atom. The lowest BCUT2D eigenvalue weighted by molar-refractivity contribution is -0.394. The summed E-state index contributed by atoms with van der Waals surface area (Å²) in [7, 11) is 0. The lowest BCUT2D eigenvalue weighted by atomic mass is 10.1. The zero-order chi connectivity index (χ0) is 18.0. The van der Waals surface area contributed by atoms with Crippen molar-refractivity contribution in [3.05, 3.63) is 79.9 Å². The van der Waals surface area contributed by atoms with Crippen LogP contribution < -0.4 is 0 Å². The number of carbonyl (C=O) groups excluding carboxylic acids is 1. The SMILES string of the molecule is O=C(c1cc([N+](=O)[O-])cc([N+](=O)[O-])c1)N1CCS[C@@H]1c1ccccc1. The number of benzene rings is 2. The fourth-order valence-electron chi connectivity index (χ4n) is 2.67. The Hall–Kier alpha value is -2.94. The van der Waals surface area contributed by atoms with Gasteiger partial charge in [0.05, 0.1) is 21.5 Å². The normalized spacial score (nSPS) is 16.6. The highest BCUT2D eigenvalue weighted by Gasteiger charge is 2.32. The van der Waals surface area contributed by atoms with E-state index < -0.39 is 27.1 Å². The van der Waals surface area contributed by atoms with Crippen LogP contribution in [0.25, 0.3) is 0 Å². The molecule has 0 aromatic heterocycles. The van der Waals surface area contributed by atoms with Gasteiger partial charge in [0.2, 0.25) is 0 Å². The first-order valence-electron chi connectivity index (χ1n) is 7.39. The minimum Gasteiger partial charge on any atom is -0.322 e.